The van der Waals surface area contributed by atoms with Crippen LogP contribution in [-0.2, 0) is 0 Å². The second kappa shape index (κ2) is 4.68. The van der Waals surface area contributed by atoms with Crippen LogP contribution in [0.2, 0.25) is 0 Å². The molecule has 0 unspecified atom stereocenters. The van der Waals surface area contributed by atoms with Gasteiger partial charge in [-0.15, -0.1) is 0 Å². The van der Waals surface area contributed by atoms with Crippen LogP contribution in [0.5, 0.6) is 0 Å². The SMILES string of the molecule is CNc1nc(=O)c(C)c2n1[C@@H](C)CN(C(C)C)C2=O. The summed E-state index contributed by atoms with van der Waals surface area (Å²) in [5.41, 5.74) is 0.528. The number of fused-ring (bicyclic) bond motifs is 1. The fourth-order valence-corrected chi connectivity index (χ4v) is 2.52. The first-order valence-electron chi connectivity index (χ1n) is 6.50. The van der Waals surface area contributed by atoms with E-state index in [2.05, 4.69) is 10.3 Å². The van der Waals surface area contributed by atoms with Crippen molar-refractivity contribution >= 4 is 11.9 Å². The van der Waals surface area contributed by atoms with E-state index in [0.717, 1.165) is 0 Å². The fourth-order valence-electron chi connectivity index (χ4n) is 2.52. The Balaban J connectivity index is 2.72. The lowest BCUT2D eigenvalue weighted by molar-refractivity contribution is 0.0613. The topological polar surface area (TPSA) is 67.2 Å². The van der Waals surface area contributed by atoms with Gasteiger partial charge in [0.05, 0.1) is 6.04 Å². The van der Waals surface area contributed by atoms with Crippen LogP contribution in [-0.4, -0.2) is 40.0 Å². The van der Waals surface area contributed by atoms with Crippen LogP contribution in [0, 0.1) is 6.92 Å². The van der Waals surface area contributed by atoms with Crippen molar-refractivity contribution < 1.29 is 4.79 Å². The van der Waals surface area contributed by atoms with Gasteiger partial charge in [-0.25, -0.2) is 0 Å². The molecule has 19 heavy (non-hydrogen) atoms. The average Bonchev–Trinajstić information content (AvgIpc) is 2.36. The summed E-state index contributed by atoms with van der Waals surface area (Å²) in [5, 5.41) is 2.90. The van der Waals surface area contributed by atoms with Crippen molar-refractivity contribution in [1.82, 2.24) is 14.5 Å². The van der Waals surface area contributed by atoms with Crippen LogP contribution in [0.1, 0.15) is 42.9 Å². The fraction of sp³-hybridized carbons (Fsp3) is 0.615. The zero-order chi connectivity index (χ0) is 14.3. The molecule has 1 atom stereocenters. The number of amides is 1. The van der Waals surface area contributed by atoms with E-state index in [1.54, 1.807) is 18.9 Å². The first-order valence-corrected chi connectivity index (χ1v) is 6.50. The van der Waals surface area contributed by atoms with Crippen molar-refractivity contribution in [3.63, 3.8) is 0 Å². The molecule has 1 aromatic heterocycles. The predicted octanol–water partition coefficient (Wildman–Crippen LogP) is 1.02. The molecule has 1 aliphatic heterocycles. The third-order valence-corrected chi connectivity index (χ3v) is 3.56. The van der Waals surface area contributed by atoms with Crippen molar-refractivity contribution in [3.05, 3.63) is 21.6 Å². The minimum absolute atomic E-state index is 0.0874. The Labute approximate surface area is 112 Å². The monoisotopic (exact) mass is 264 g/mol. The molecule has 6 heteroatoms. The summed E-state index contributed by atoms with van der Waals surface area (Å²) < 4.78 is 1.83. The standard InChI is InChI=1S/C13H20N4O2/c1-7(2)16-6-8(3)17-10(12(16)19)9(4)11(18)15-13(17)14-5/h7-8H,6H2,1-5H3,(H,14,15,18)/t8-/m0/s1. The number of nitrogens with one attached hydrogen (secondary N) is 1. The van der Waals surface area contributed by atoms with Crippen molar-refractivity contribution in [3.8, 4) is 0 Å². The smallest absolute Gasteiger partial charge is 0.278 e. The lowest BCUT2D eigenvalue weighted by Crippen LogP contribution is -2.48. The highest BCUT2D eigenvalue weighted by Gasteiger charge is 2.33. The Bertz CT molecular complexity index is 577. The van der Waals surface area contributed by atoms with Gasteiger partial charge in [-0.3, -0.25) is 9.59 Å². The lowest BCUT2D eigenvalue weighted by Gasteiger charge is -2.38. The Hall–Kier alpha value is -1.85. The van der Waals surface area contributed by atoms with Gasteiger partial charge in [0.1, 0.15) is 5.69 Å². The van der Waals surface area contributed by atoms with Gasteiger partial charge in [-0.05, 0) is 27.7 Å². The van der Waals surface area contributed by atoms with Crippen LogP contribution in [0.4, 0.5) is 5.95 Å². The van der Waals surface area contributed by atoms with Gasteiger partial charge in [-0.2, -0.15) is 4.98 Å². The van der Waals surface area contributed by atoms with E-state index < -0.39 is 0 Å². The van der Waals surface area contributed by atoms with Gasteiger partial charge in [-0.1, -0.05) is 0 Å². The third kappa shape index (κ3) is 2.01. The van der Waals surface area contributed by atoms with Crippen LogP contribution in [0.3, 0.4) is 0 Å². The molecule has 1 amide bonds. The Morgan fingerprint density at radius 3 is 2.53 bits per heavy atom. The molecule has 0 aromatic carbocycles. The molecule has 0 radical (unpaired) electrons. The van der Waals surface area contributed by atoms with E-state index >= 15 is 0 Å². The molecular weight excluding hydrogens is 244 g/mol. The van der Waals surface area contributed by atoms with Gasteiger partial charge in [0.25, 0.3) is 11.5 Å². The summed E-state index contributed by atoms with van der Waals surface area (Å²) in [4.78, 5) is 30.2. The molecule has 0 saturated heterocycles. The molecule has 1 N–H and O–H groups in total. The maximum atomic E-state index is 12.6. The largest absolute Gasteiger partial charge is 0.359 e. The molecule has 6 nitrogen and oxygen atoms in total. The van der Waals surface area contributed by atoms with Crippen LogP contribution < -0.4 is 10.9 Å². The summed E-state index contributed by atoms with van der Waals surface area (Å²) in [5.74, 6) is 0.358. The van der Waals surface area contributed by atoms with E-state index in [0.29, 0.717) is 23.8 Å². The van der Waals surface area contributed by atoms with E-state index in [-0.39, 0.29) is 23.6 Å². The van der Waals surface area contributed by atoms with Crippen molar-refractivity contribution in [1.29, 1.82) is 0 Å². The Kier molecular flexibility index (Phi) is 3.34. The highest BCUT2D eigenvalue weighted by atomic mass is 16.2. The summed E-state index contributed by atoms with van der Waals surface area (Å²) in [6, 6.07) is 0.203. The van der Waals surface area contributed by atoms with Gasteiger partial charge >= 0.3 is 0 Å². The molecule has 2 heterocycles. The summed E-state index contributed by atoms with van der Waals surface area (Å²) in [6.07, 6.45) is 0. The van der Waals surface area contributed by atoms with Gasteiger partial charge in [0, 0.05) is 25.2 Å². The van der Waals surface area contributed by atoms with E-state index in [1.165, 1.54) is 0 Å². The minimum atomic E-state index is -0.346. The van der Waals surface area contributed by atoms with Gasteiger partial charge in [0.2, 0.25) is 5.95 Å². The second-order valence-electron chi connectivity index (χ2n) is 5.23. The molecular formula is C13H20N4O2. The Morgan fingerprint density at radius 1 is 1.37 bits per heavy atom. The van der Waals surface area contributed by atoms with Gasteiger partial charge < -0.3 is 14.8 Å². The Morgan fingerprint density at radius 2 is 2.00 bits per heavy atom. The van der Waals surface area contributed by atoms with Gasteiger partial charge in [0.15, 0.2) is 0 Å². The maximum absolute atomic E-state index is 12.6. The molecule has 0 bridgehead atoms. The van der Waals surface area contributed by atoms with Crippen LogP contribution >= 0.6 is 0 Å². The second-order valence-corrected chi connectivity index (χ2v) is 5.23. The molecule has 2 rings (SSSR count). The van der Waals surface area contributed by atoms with E-state index in [1.807, 2.05) is 25.3 Å². The predicted molar refractivity (Wildman–Crippen MR) is 73.7 cm³/mol. The van der Waals surface area contributed by atoms with Crippen LogP contribution in [0.15, 0.2) is 4.79 Å². The first-order chi connectivity index (χ1) is 8.88. The molecule has 1 aromatic rings. The van der Waals surface area contributed by atoms with Crippen molar-refractivity contribution in [2.75, 3.05) is 18.9 Å². The molecule has 0 saturated carbocycles. The van der Waals surface area contributed by atoms with E-state index in [4.69, 9.17) is 0 Å². The number of hydrogen-bond donors (Lipinski definition) is 1. The van der Waals surface area contributed by atoms with Crippen LogP contribution in [0.25, 0.3) is 0 Å². The summed E-state index contributed by atoms with van der Waals surface area (Å²) in [6.45, 7) is 8.27. The number of hydrogen-bond acceptors (Lipinski definition) is 4. The highest BCUT2D eigenvalue weighted by molar-refractivity contribution is 5.95. The van der Waals surface area contributed by atoms with E-state index in [9.17, 15) is 9.59 Å². The number of aromatic nitrogens is 2. The number of rotatable bonds is 2. The number of anilines is 1. The zero-order valence-electron chi connectivity index (χ0n) is 12.0. The van der Waals surface area contributed by atoms with Crippen molar-refractivity contribution in [2.45, 2.75) is 39.8 Å². The highest BCUT2D eigenvalue weighted by Crippen LogP contribution is 2.26. The lowest BCUT2D eigenvalue weighted by atomic mass is 10.1. The number of carbonyl (C=O) groups excluding carboxylic acids is 1. The minimum Gasteiger partial charge on any atom is -0.359 e. The molecule has 104 valence electrons. The average molecular weight is 264 g/mol. The zero-order valence-corrected chi connectivity index (χ0v) is 12.0. The summed E-state index contributed by atoms with van der Waals surface area (Å²) >= 11 is 0. The normalized spacial score (nSPS) is 18.7. The third-order valence-electron chi connectivity index (χ3n) is 3.56. The van der Waals surface area contributed by atoms with Crippen molar-refractivity contribution in [2.24, 2.45) is 0 Å². The number of nitrogens with zero attached hydrogens (tertiary/aromatic N) is 3. The molecule has 0 fully saturated rings. The molecule has 0 spiro atoms. The number of carbonyl (C=O) groups is 1. The molecule has 1 aliphatic rings. The summed E-state index contributed by atoms with van der Waals surface area (Å²) in [7, 11) is 1.70. The maximum Gasteiger partial charge on any atom is 0.278 e. The quantitative estimate of drug-likeness (QED) is 0.866. The molecule has 0 aliphatic carbocycles. The first kappa shape index (κ1) is 13.6.